The molecule has 164 valence electrons. The molecule has 4 aromatic rings. The van der Waals surface area contributed by atoms with E-state index >= 15 is 0 Å². The predicted octanol–water partition coefficient (Wildman–Crippen LogP) is 5.60. The molecule has 0 saturated heterocycles. The highest BCUT2D eigenvalue weighted by Gasteiger charge is 2.40. The first-order valence-corrected chi connectivity index (χ1v) is 11.2. The van der Waals surface area contributed by atoms with Gasteiger partial charge in [0.1, 0.15) is 0 Å². The third-order valence-electron chi connectivity index (χ3n) is 4.39. The third kappa shape index (κ3) is 5.00. The summed E-state index contributed by atoms with van der Waals surface area (Å²) in [5.41, 5.74) is 0.715. The maximum atomic E-state index is 13.7. The van der Waals surface area contributed by atoms with Crippen LogP contribution in [-0.4, -0.2) is 25.9 Å². The highest BCUT2D eigenvalue weighted by molar-refractivity contribution is 8.00. The van der Waals surface area contributed by atoms with Crippen LogP contribution in [0.4, 0.5) is 18.3 Å². The monoisotopic (exact) mass is 475 g/mol. The van der Waals surface area contributed by atoms with Gasteiger partial charge in [-0.3, -0.25) is 10.1 Å². The molecule has 11 heteroatoms. The van der Waals surface area contributed by atoms with Crippen molar-refractivity contribution >= 4 is 34.1 Å². The van der Waals surface area contributed by atoms with Crippen LogP contribution < -0.4 is 5.32 Å². The summed E-state index contributed by atoms with van der Waals surface area (Å²) in [6.07, 6.45) is -3.88. The van der Waals surface area contributed by atoms with Crippen molar-refractivity contribution in [2.24, 2.45) is 0 Å². The minimum absolute atomic E-state index is 0.113. The highest BCUT2D eigenvalue weighted by Crippen LogP contribution is 2.34. The molecular weight excluding hydrogens is 459 g/mol. The van der Waals surface area contributed by atoms with E-state index in [0.717, 1.165) is 28.7 Å². The van der Waals surface area contributed by atoms with Crippen LogP contribution in [0.5, 0.6) is 0 Å². The van der Waals surface area contributed by atoms with Crippen molar-refractivity contribution in [2.75, 3.05) is 5.32 Å². The van der Waals surface area contributed by atoms with Gasteiger partial charge in [0.05, 0.1) is 17.4 Å². The van der Waals surface area contributed by atoms with Crippen LogP contribution in [0.25, 0.3) is 5.69 Å². The predicted molar refractivity (Wildman–Crippen MR) is 117 cm³/mol. The number of carbonyl (C=O) groups excluding carboxylic acids is 1. The second-order valence-corrected chi connectivity index (χ2v) is 8.95. The summed E-state index contributed by atoms with van der Waals surface area (Å²) in [6.45, 7) is 2.00. The number of amides is 1. The number of halogens is 3. The highest BCUT2D eigenvalue weighted by atomic mass is 32.2. The van der Waals surface area contributed by atoms with Crippen LogP contribution in [0.2, 0.25) is 0 Å². The number of rotatable bonds is 6. The van der Waals surface area contributed by atoms with Gasteiger partial charge in [0.15, 0.2) is 10.0 Å². The number of anilines is 1. The number of carbonyl (C=O) groups is 1. The number of benzene rings is 2. The van der Waals surface area contributed by atoms with Crippen LogP contribution >= 0.6 is 23.1 Å². The number of aryl methyl sites for hydroxylation is 1. The van der Waals surface area contributed by atoms with Gasteiger partial charge in [-0.25, -0.2) is 4.68 Å². The molecule has 1 amide bonds. The van der Waals surface area contributed by atoms with Gasteiger partial charge in [-0.05, 0) is 24.6 Å². The average molecular weight is 476 g/mol. The zero-order valence-corrected chi connectivity index (χ0v) is 18.3. The lowest BCUT2D eigenvalue weighted by molar-refractivity contribution is -0.143. The van der Waals surface area contributed by atoms with Gasteiger partial charge in [0, 0.05) is 5.75 Å². The molecule has 2 heterocycles. The Kier molecular flexibility index (Phi) is 6.28. The van der Waals surface area contributed by atoms with Gasteiger partial charge in [0.2, 0.25) is 5.13 Å². The molecular formula is C21H16F3N5OS2. The molecule has 0 saturated carbocycles. The Bertz CT molecular complexity index is 1220. The molecule has 32 heavy (non-hydrogen) atoms. The van der Waals surface area contributed by atoms with Crippen molar-refractivity contribution in [3.8, 4) is 5.69 Å². The molecule has 1 N–H and O–H groups in total. The van der Waals surface area contributed by atoms with E-state index in [1.54, 1.807) is 18.2 Å². The van der Waals surface area contributed by atoms with Gasteiger partial charge < -0.3 is 0 Å². The van der Waals surface area contributed by atoms with Crippen molar-refractivity contribution in [3.05, 3.63) is 83.2 Å². The van der Waals surface area contributed by atoms with Gasteiger partial charge >= 0.3 is 6.18 Å². The second kappa shape index (κ2) is 9.13. The fourth-order valence-electron chi connectivity index (χ4n) is 2.86. The Hall–Kier alpha value is -3.18. The summed E-state index contributed by atoms with van der Waals surface area (Å²) < 4.78 is 42.5. The Balaban J connectivity index is 1.50. The second-order valence-electron chi connectivity index (χ2n) is 6.75. The number of aromatic nitrogens is 4. The van der Waals surface area contributed by atoms with E-state index in [0.29, 0.717) is 14.8 Å². The number of hydrogen-bond acceptors (Lipinski definition) is 6. The van der Waals surface area contributed by atoms with Crippen molar-refractivity contribution < 1.29 is 18.0 Å². The molecule has 0 bridgehead atoms. The van der Waals surface area contributed by atoms with Crippen LogP contribution in [-0.2, 0) is 11.9 Å². The number of hydrogen-bond donors (Lipinski definition) is 1. The SMILES string of the molecule is Cc1ccc(CSc2nnc(NC(=O)c3cnn(-c4ccccc4)c3C(F)(F)F)s2)cc1. The minimum Gasteiger partial charge on any atom is -0.296 e. The Morgan fingerprint density at radius 3 is 2.50 bits per heavy atom. The van der Waals surface area contributed by atoms with Crippen molar-refractivity contribution in [3.63, 3.8) is 0 Å². The maximum Gasteiger partial charge on any atom is 0.434 e. The summed E-state index contributed by atoms with van der Waals surface area (Å²) in [4.78, 5) is 12.6. The lowest BCUT2D eigenvalue weighted by Crippen LogP contribution is -2.20. The first-order chi connectivity index (χ1) is 15.3. The Morgan fingerprint density at radius 1 is 1.09 bits per heavy atom. The summed E-state index contributed by atoms with van der Waals surface area (Å²) >= 11 is 2.52. The first kappa shape index (κ1) is 22.0. The number of nitrogens with zero attached hydrogens (tertiary/aromatic N) is 4. The molecule has 0 unspecified atom stereocenters. The third-order valence-corrected chi connectivity index (χ3v) is 6.44. The molecule has 2 aromatic heterocycles. The van der Waals surface area contributed by atoms with Crippen LogP contribution in [0.3, 0.4) is 0 Å². The van der Waals surface area contributed by atoms with Gasteiger partial charge in [-0.15, -0.1) is 10.2 Å². The Morgan fingerprint density at radius 2 is 1.81 bits per heavy atom. The minimum atomic E-state index is -4.78. The average Bonchev–Trinajstić information content (AvgIpc) is 3.41. The molecule has 0 aliphatic carbocycles. The van der Waals surface area contributed by atoms with Crippen molar-refractivity contribution in [2.45, 2.75) is 23.2 Å². The van der Waals surface area contributed by atoms with E-state index in [2.05, 4.69) is 20.6 Å². The molecule has 0 atom stereocenters. The molecule has 0 aliphatic rings. The molecule has 0 spiro atoms. The van der Waals surface area contributed by atoms with Crippen LogP contribution in [0.1, 0.15) is 27.2 Å². The van der Waals surface area contributed by atoms with E-state index in [9.17, 15) is 18.0 Å². The molecule has 2 aromatic carbocycles. The zero-order valence-electron chi connectivity index (χ0n) is 16.6. The summed E-state index contributed by atoms with van der Waals surface area (Å²) in [5, 5.41) is 14.2. The van der Waals surface area contributed by atoms with E-state index < -0.39 is 23.3 Å². The van der Waals surface area contributed by atoms with Crippen LogP contribution in [0.15, 0.2) is 65.1 Å². The number of para-hydroxylation sites is 1. The first-order valence-electron chi connectivity index (χ1n) is 9.35. The fourth-order valence-corrected chi connectivity index (χ4v) is 4.57. The number of thioether (sulfide) groups is 1. The van der Waals surface area contributed by atoms with E-state index in [-0.39, 0.29) is 10.8 Å². The molecule has 0 radical (unpaired) electrons. The lowest BCUT2D eigenvalue weighted by Gasteiger charge is -2.12. The van der Waals surface area contributed by atoms with Crippen molar-refractivity contribution in [1.82, 2.24) is 20.0 Å². The standard InChI is InChI=1S/C21H16F3N5OS2/c1-13-7-9-14(10-8-13)12-31-20-28-27-19(32-20)26-18(30)16-11-25-29(17(16)21(22,23)24)15-5-3-2-4-6-15/h2-11H,12H2,1H3,(H,26,27,30). The topological polar surface area (TPSA) is 72.7 Å². The van der Waals surface area contributed by atoms with Crippen molar-refractivity contribution in [1.29, 1.82) is 0 Å². The van der Waals surface area contributed by atoms with Gasteiger partial charge in [0.25, 0.3) is 5.91 Å². The summed E-state index contributed by atoms with van der Waals surface area (Å²) in [6, 6.07) is 15.9. The van der Waals surface area contributed by atoms with Gasteiger partial charge in [-0.1, -0.05) is 71.1 Å². The molecule has 0 aliphatic heterocycles. The summed E-state index contributed by atoms with van der Waals surface area (Å²) in [5.74, 6) is -0.295. The smallest absolute Gasteiger partial charge is 0.296 e. The largest absolute Gasteiger partial charge is 0.434 e. The normalized spacial score (nSPS) is 11.5. The zero-order chi connectivity index (χ0) is 22.7. The Labute approximate surface area is 189 Å². The number of nitrogens with one attached hydrogen (secondary N) is 1. The van der Waals surface area contributed by atoms with E-state index in [4.69, 9.17) is 0 Å². The summed E-state index contributed by atoms with van der Waals surface area (Å²) in [7, 11) is 0. The quantitative estimate of drug-likeness (QED) is 0.291. The number of alkyl halides is 3. The maximum absolute atomic E-state index is 13.7. The molecule has 0 fully saturated rings. The van der Waals surface area contributed by atoms with E-state index in [1.807, 2.05) is 31.2 Å². The molecule has 6 nitrogen and oxygen atoms in total. The fraction of sp³-hybridized carbons (Fsp3) is 0.143. The van der Waals surface area contributed by atoms with E-state index in [1.165, 1.54) is 23.9 Å². The van der Waals surface area contributed by atoms with Gasteiger partial charge in [-0.2, -0.15) is 18.3 Å². The lowest BCUT2D eigenvalue weighted by atomic mass is 10.2. The van der Waals surface area contributed by atoms with Crippen LogP contribution in [0, 0.1) is 6.92 Å². The molecule has 4 rings (SSSR count).